The zero-order valence-corrected chi connectivity index (χ0v) is 10.6. The van der Waals surface area contributed by atoms with Crippen LogP contribution in [0.1, 0.15) is 44.2 Å². The van der Waals surface area contributed by atoms with Crippen molar-refractivity contribution in [3.8, 4) is 5.75 Å². The van der Waals surface area contributed by atoms with E-state index < -0.39 is 0 Å². The Kier molecular flexibility index (Phi) is 5.10. The fourth-order valence-electron chi connectivity index (χ4n) is 1.73. The maximum atomic E-state index is 5.86. The summed E-state index contributed by atoms with van der Waals surface area (Å²) in [7, 11) is 0. The largest absolute Gasteiger partial charge is 0.491 e. The summed E-state index contributed by atoms with van der Waals surface area (Å²) in [6.45, 7) is 10.2. The Bertz CT molecular complexity index is 341. The highest BCUT2D eigenvalue weighted by Gasteiger charge is 2.04. The Hall–Kier alpha value is -1.24. The van der Waals surface area contributed by atoms with Crippen molar-refractivity contribution in [2.75, 3.05) is 0 Å². The summed E-state index contributed by atoms with van der Waals surface area (Å²) < 4.78 is 5.86. The fourth-order valence-corrected chi connectivity index (χ4v) is 1.73. The molecule has 0 spiro atoms. The minimum Gasteiger partial charge on any atom is -0.491 e. The van der Waals surface area contributed by atoms with Crippen LogP contribution in [0.25, 0.3) is 6.08 Å². The molecule has 16 heavy (non-hydrogen) atoms. The highest BCUT2D eigenvalue weighted by Crippen LogP contribution is 2.20. The van der Waals surface area contributed by atoms with Gasteiger partial charge < -0.3 is 4.74 Å². The first-order chi connectivity index (χ1) is 7.67. The summed E-state index contributed by atoms with van der Waals surface area (Å²) in [5.74, 6) is 0.965. The van der Waals surface area contributed by atoms with Crippen molar-refractivity contribution in [3.63, 3.8) is 0 Å². The van der Waals surface area contributed by atoms with Crippen molar-refractivity contribution >= 4 is 6.08 Å². The maximum Gasteiger partial charge on any atom is 0.120 e. The monoisotopic (exact) mass is 218 g/mol. The predicted octanol–water partition coefficient (Wildman–Crippen LogP) is 4.60. The maximum absolute atomic E-state index is 5.86. The molecule has 0 saturated carbocycles. The Balaban J connectivity index is 2.60. The van der Waals surface area contributed by atoms with Crippen LogP contribution in [0.5, 0.6) is 5.75 Å². The van der Waals surface area contributed by atoms with Gasteiger partial charge in [-0.15, -0.1) is 0 Å². The van der Waals surface area contributed by atoms with E-state index in [1.54, 1.807) is 0 Å². The van der Waals surface area contributed by atoms with Gasteiger partial charge in [0.25, 0.3) is 0 Å². The Labute approximate surface area is 99.1 Å². The first kappa shape index (κ1) is 12.8. The lowest BCUT2D eigenvalue weighted by Gasteiger charge is -2.15. The molecule has 0 bridgehead atoms. The van der Waals surface area contributed by atoms with Crippen molar-refractivity contribution in [3.05, 3.63) is 35.9 Å². The van der Waals surface area contributed by atoms with Gasteiger partial charge in [-0.05, 0) is 43.5 Å². The van der Waals surface area contributed by atoms with Gasteiger partial charge in [0.1, 0.15) is 5.75 Å². The van der Waals surface area contributed by atoms with Gasteiger partial charge >= 0.3 is 0 Å². The summed E-state index contributed by atoms with van der Waals surface area (Å²) in [6, 6.07) is 6.16. The average Bonchev–Trinajstić information content (AvgIpc) is 2.26. The lowest BCUT2D eigenvalue weighted by Crippen LogP contribution is -2.11. The third-order valence-electron chi connectivity index (χ3n) is 2.76. The molecule has 0 aromatic heterocycles. The van der Waals surface area contributed by atoms with E-state index in [-0.39, 0.29) is 0 Å². The van der Waals surface area contributed by atoms with Gasteiger partial charge in [0, 0.05) is 0 Å². The second-order valence-electron chi connectivity index (χ2n) is 4.29. The average molecular weight is 218 g/mol. The van der Waals surface area contributed by atoms with Crippen molar-refractivity contribution < 1.29 is 4.74 Å². The van der Waals surface area contributed by atoms with Gasteiger partial charge in [0.05, 0.1) is 6.10 Å². The molecule has 0 saturated heterocycles. The number of hydrogen-bond donors (Lipinski definition) is 0. The van der Waals surface area contributed by atoms with Crippen LogP contribution in [-0.2, 0) is 0 Å². The molecule has 1 aromatic carbocycles. The van der Waals surface area contributed by atoms with Crippen molar-refractivity contribution in [2.45, 2.75) is 46.1 Å². The number of rotatable bonds is 6. The first-order valence-electron chi connectivity index (χ1n) is 6.07. The summed E-state index contributed by atoms with van der Waals surface area (Å²) >= 11 is 0. The number of aryl methyl sites for hydroxylation is 1. The predicted molar refractivity (Wildman–Crippen MR) is 70.9 cm³/mol. The number of unbranched alkanes of at least 4 members (excludes halogenated alkanes) is 1. The zero-order valence-electron chi connectivity index (χ0n) is 10.6. The Morgan fingerprint density at radius 3 is 2.75 bits per heavy atom. The van der Waals surface area contributed by atoms with E-state index in [0.717, 1.165) is 12.2 Å². The molecule has 1 rings (SSSR count). The van der Waals surface area contributed by atoms with E-state index in [1.165, 1.54) is 24.0 Å². The van der Waals surface area contributed by atoms with Gasteiger partial charge in [0.15, 0.2) is 0 Å². The SMILES string of the molecule is C=Cc1ccc(OC(C)CCCC)cc1C. The molecule has 0 fully saturated rings. The molecule has 0 radical (unpaired) electrons. The van der Waals surface area contributed by atoms with Crippen LogP contribution in [0.3, 0.4) is 0 Å². The molecule has 0 aliphatic rings. The van der Waals surface area contributed by atoms with Crippen LogP contribution >= 0.6 is 0 Å². The van der Waals surface area contributed by atoms with E-state index in [4.69, 9.17) is 4.74 Å². The molecule has 0 aliphatic heterocycles. The van der Waals surface area contributed by atoms with Crippen LogP contribution in [0, 0.1) is 6.92 Å². The molecule has 1 unspecified atom stereocenters. The highest BCUT2D eigenvalue weighted by molar-refractivity contribution is 5.53. The molecule has 1 heteroatoms. The van der Waals surface area contributed by atoms with Crippen molar-refractivity contribution in [2.24, 2.45) is 0 Å². The molecule has 0 heterocycles. The van der Waals surface area contributed by atoms with Crippen LogP contribution in [0.4, 0.5) is 0 Å². The highest BCUT2D eigenvalue weighted by atomic mass is 16.5. The summed E-state index contributed by atoms with van der Waals surface area (Å²) in [5, 5.41) is 0. The molecule has 1 atom stereocenters. The van der Waals surface area contributed by atoms with Gasteiger partial charge in [-0.25, -0.2) is 0 Å². The van der Waals surface area contributed by atoms with Gasteiger partial charge in [0.2, 0.25) is 0 Å². The van der Waals surface area contributed by atoms with Crippen molar-refractivity contribution in [1.82, 2.24) is 0 Å². The number of benzene rings is 1. The van der Waals surface area contributed by atoms with Gasteiger partial charge in [-0.3, -0.25) is 0 Å². The summed E-state index contributed by atoms with van der Waals surface area (Å²) in [6.07, 6.45) is 5.75. The van der Waals surface area contributed by atoms with E-state index >= 15 is 0 Å². The van der Waals surface area contributed by atoms with E-state index in [9.17, 15) is 0 Å². The lowest BCUT2D eigenvalue weighted by atomic mass is 10.1. The smallest absolute Gasteiger partial charge is 0.120 e. The van der Waals surface area contributed by atoms with E-state index in [1.807, 2.05) is 12.1 Å². The quantitative estimate of drug-likeness (QED) is 0.678. The molecule has 1 aromatic rings. The Morgan fingerprint density at radius 1 is 1.44 bits per heavy atom. The summed E-state index contributed by atoms with van der Waals surface area (Å²) in [4.78, 5) is 0. The number of hydrogen-bond acceptors (Lipinski definition) is 1. The van der Waals surface area contributed by atoms with Gasteiger partial charge in [-0.1, -0.05) is 38.5 Å². The third-order valence-corrected chi connectivity index (χ3v) is 2.76. The van der Waals surface area contributed by atoms with E-state index in [0.29, 0.717) is 6.10 Å². The number of ether oxygens (including phenoxy) is 1. The summed E-state index contributed by atoms with van der Waals surface area (Å²) in [5.41, 5.74) is 2.39. The van der Waals surface area contributed by atoms with Gasteiger partial charge in [-0.2, -0.15) is 0 Å². The molecule has 88 valence electrons. The topological polar surface area (TPSA) is 9.23 Å². The third kappa shape index (κ3) is 3.73. The normalized spacial score (nSPS) is 12.2. The van der Waals surface area contributed by atoms with Crippen LogP contribution in [-0.4, -0.2) is 6.10 Å². The first-order valence-corrected chi connectivity index (χ1v) is 6.07. The molecule has 0 amide bonds. The molecule has 0 aliphatic carbocycles. The Morgan fingerprint density at radius 2 is 2.19 bits per heavy atom. The minimum absolute atomic E-state index is 0.300. The van der Waals surface area contributed by atoms with Crippen molar-refractivity contribution in [1.29, 1.82) is 0 Å². The zero-order chi connectivity index (χ0) is 12.0. The molecule has 1 nitrogen and oxygen atoms in total. The van der Waals surface area contributed by atoms with E-state index in [2.05, 4.69) is 39.5 Å². The standard InChI is InChI=1S/C15H22O/c1-5-7-8-13(4)16-15-10-9-14(6-2)12(3)11-15/h6,9-11,13H,2,5,7-8H2,1,3-4H3. The second kappa shape index (κ2) is 6.37. The van der Waals surface area contributed by atoms with Crippen LogP contribution in [0.2, 0.25) is 0 Å². The molecule has 0 N–H and O–H groups in total. The fraction of sp³-hybridized carbons (Fsp3) is 0.467. The molecular formula is C15H22O. The second-order valence-corrected chi connectivity index (χ2v) is 4.29. The minimum atomic E-state index is 0.300. The van der Waals surface area contributed by atoms with Crippen LogP contribution < -0.4 is 4.74 Å². The molecular weight excluding hydrogens is 196 g/mol. The lowest BCUT2D eigenvalue weighted by molar-refractivity contribution is 0.207. The van der Waals surface area contributed by atoms with Crippen LogP contribution in [0.15, 0.2) is 24.8 Å².